The summed E-state index contributed by atoms with van der Waals surface area (Å²) in [6, 6.07) is 9.85. The molecule has 2 amide bonds. The van der Waals surface area contributed by atoms with Gasteiger partial charge >= 0.3 is 6.03 Å². The van der Waals surface area contributed by atoms with Gasteiger partial charge in [-0.05, 0) is 24.6 Å². The van der Waals surface area contributed by atoms with Gasteiger partial charge in [0.1, 0.15) is 5.69 Å². The molecule has 0 bridgehead atoms. The molecule has 144 valence electrons. The molecule has 1 aromatic carbocycles. The first kappa shape index (κ1) is 19.3. The highest BCUT2D eigenvalue weighted by atomic mass is 32.1. The van der Waals surface area contributed by atoms with Crippen LogP contribution in [-0.4, -0.2) is 60.5 Å². The number of benzene rings is 1. The minimum absolute atomic E-state index is 0.0928. The minimum atomic E-state index is -0.506. The number of likely N-dealkylation sites (N-methyl/N-ethyl adjacent to an activating group) is 1. The van der Waals surface area contributed by atoms with Crippen LogP contribution < -0.4 is 10.6 Å². The van der Waals surface area contributed by atoms with Crippen LogP contribution in [0.25, 0.3) is 0 Å². The van der Waals surface area contributed by atoms with Gasteiger partial charge in [-0.3, -0.25) is 15.0 Å². The number of urea groups is 1. The predicted molar refractivity (Wildman–Crippen MR) is 106 cm³/mol. The fraction of sp³-hybridized carbons (Fsp3) is 0.389. The number of hydrogen-bond donors (Lipinski definition) is 2. The lowest BCUT2D eigenvalue weighted by atomic mass is 10.1. The van der Waals surface area contributed by atoms with Gasteiger partial charge in [0.05, 0.1) is 11.0 Å². The highest BCUT2D eigenvalue weighted by molar-refractivity contribution is 7.10. The Labute approximate surface area is 161 Å². The van der Waals surface area contributed by atoms with Crippen LogP contribution in [0.5, 0.6) is 0 Å². The van der Waals surface area contributed by atoms with Crippen LogP contribution in [0.2, 0.25) is 0 Å². The molecule has 2 aromatic rings. The highest BCUT2D eigenvalue weighted by Gasteiger charge is 2.25. The molecule has 27 heavy (non-hydrogen) atoms. The average Bonchev–Trinajstić information content (AvgIpc) is 3.18. The third-order valence-corrected chi connectivity index (χ3v) is 5.63. The largest absolute Gasteiger partial charge is 0.336 e. The molecule has 0 radical (unpaired) electrons. The molecule has 3 rings (SSSR count). The van der Waals surface area contributed by atoms with Crippen molar-refractivity contribution in [3.05, 3.63) is 56.8 Å². The Hall–Kier alpha value is -2.49. The standard InChI is InChI=1S/C18H23N5O3S/c1-21-8-10-22(11-9-21)16(17-7-4-12-27-17)13-19-18(24)20-14-5-2-3-6-15(14)23(25)26/h2-7,12,16H,8-11,13H2,1H3,(H2,19,20,24). The third-order valence-electron chi connectivity index (χ3n) is 4.66. The average molecular weight is 389 g/mol. The van der Waals surface area contributed by atoms with Crippen LogP contribution in [0.15, 0.2) is 41.8 Å². The fourth-order valence-corrected chi connectivity index (χ4v) is 3.98. The van der Waals surface area contributed by atoms with Gasteiger partial charge in [0, 0.05) is 43.7 Å². The Morgan fingerprint density at radius 3 is 2.63 bits per heavy atom. The van der Waals surface area contributed by atoms with Gasteiger partial charge in [-0.25, -0.2) is 4.79 Å². The predicted octanol–water partition coefficient (Wildman–Crippen LogP) is 2.77. The Bertz CT molecular complexity index is 775. The first-order valence-electron chi connectivity index (χ1n) is 8.79. The van der Waals surface area contributed by atoms with Gasteiger partial charge in [-0.1, -0.05) is 18.2 Å². The number of para-hydroxylation sites is 2. The maximum Gasteiger partial charge on any atom is 0.319 e. The Balaban J connectivity index is 1.63. The van der Waals surface area contributed by atoms with Crippen LogP contribution in [0.3, 0.4) is 0 Å². The molecular weight excluding hydrogens is 366 g/mol. The van der Waals surface area contributed by atoms with Gasteiger partial charge in [-0.15, -0.1) is 11.3 Å². The molecular formula is C18H23N5O3S. The van der Waals surface area contributed by atoms with E-state index in [2.05, 4.69) is 33.5 Å². The summed E-state index contributed by atoms with van der Waals surface area (Å²) in [5.74, 6) is 0. The van der Waals surface area contributed by atoms with Gasteiger partial charge < -0.3 is 15.5 Å². The number of nitro groups is 1. The van der Waals surface area contributed by atoms with E-state index in [-0.39, 0.29) is 17.4 Å². The number of nitro benzene ring substituents is 1. The lowest BCUT2D eigenvalue weighted by molar-refractivity contribution is -0.383. The van der Waals surface area contributed by atoms with Crippen LogP contribution in [-0.2, 0) is 0 Å². The van der Waals surface area contributed by atoms with Crippen molar-refractivity contribution in [2.75, 3.05) is 45.1 Å². The molecule has 2 N–H and O–H groups in total. The number of rotatable bonds is 6. The Morgan fingerprint density at radius 1 is 1.22 bits per heavy atom. The second-order valence-corrected chi connectivity index (χ2v) is 7.46. The van der Waals surface area contributed by atoms with E-state index in [1.165, 1.54) is 17.0 Å². The van der Waals surface area contributed by atoms with Gasteiger partial charge in [0.2, 0.25) is 0 Å². The monoisotopic (exact) mass is 389 g/mol. The van der Waals surface area contributed by atoms with Crippen molar-refractivity contribution in [2.45, 2.75) is 6.04 Å². The first-order chi connectivity index (χ1) is 13.0. The highest BCUT2D eigenvalue weighted by Crippen LogP contribution is 2.26. The Morgan fingerprint density at radius 2 is 1.96 bits per heavy atom. The molecule has 2 heterocycles. The molecule has 1 saturated heterocycles. The van der Waals surface area contributed by atoms with E-state index in [0.717, 1.165) is 26.2 Å². The topological polar surface area (TPSA) is 90.8 Å². The quantitative estimate of drug-likeness (QED) is 0.586. The number of nitrogens with zero attached hydrogens (tertiary/aromatic N) is 3. The number of piperazine rings is 1. The third kappa shape index (κ3) is 5.03. The zero-order chi connectivity index (χ0) is 19.2. The number of hydrogen-bond acceptors (Lipinski definition) is 6. The molecule has 1 unspecified atom stereocenters. The minimum Gasteiger partial charge on any atom is -0.336 e. The number of anilines is 1. The van der Waals surface area contributed by atoms with E-state index in [9.17, 15) is 14.9 Å². The lowest BCUT2D eigenvalue weighted by Crippen LogP contribution is -2.48. The van der Waals surface area contributed by atoms with E-state index >= 15 is 0 Å². The molecule has 0 saturated carbocycles. The summed E-state index contributed by atoms with van der Waals surface area (Å²) in [5.41, 5.74) is 0.0637. The fourth-order valence-electron chi connectivity index (χ4n) is 3.12. The summed E-state index contributed by atoms with van der Waals surface area (Å²) in [7, 11) is 2.11. The second kappa shape index (κ2) is 8.94. The summed E-state index contributed by atoms with van der Waals surface area (Å²) in [6.07, 6.45) is 0. The van der Waals surface area contributed by atoms with Crippen molar-refractivity contribution in [2.24, 2.45) is 0 Å². The van der Waals surface area contributed by atoms with Crippen molar-refractivity contribution in [1.29, 1.82) is 0 Å². The Kier molecular flexibility index (Phi) is 6.38. The number of thiophene rings is 1. The molecule has 0 spiro atoms. The maximum absolute atomic E-state index is 12.3. The molecule has 1 fully saturated rings. The summed E-state index contributed by atoms with van der Waals surface area (Å²) in [4.78, 5) is 28.8. The number of amides is 2. The van der Waals surface area contributed by atoms with Crippen molar-refractivity contribution >= 4 is 28.7 Å². The first-order valence-corrected chi connectivity index (χ1v) is 9.67. The molecule has 1 atom stereocenters. The second-order valence-electron chi connectivity index (χ2n) is 6.48. The van der Waals surface area contributed by atoms with Crippen LogP contribution in [0, 0.1) is 10.1 Å². The van der Waals surface area contributed by atoms with E-state index in [1.54, 1.807) is 23.5 Å². The summed E-state index contributed by atoms with van der Waals surface area (Å²) < 4.78 is 0. The normalized spacial score (nSPS) is 16.6. The van der Waals surface area contributed by atoms with Crippen molar-refractivity contribution in [3.63, 3.8) is 0 Å². The number of carbonyl (C=O) groups excluding carboxylic acids is 1. The van der Waals surface area contributed by atoms with E-state index in [4.69, 9.17) is 0 Å². The van der Waals surface area contributed by atoms with Crippen LogP contribution >= 0.6 is 11.3 Å². The molecule has 1 aliphatic heterocycles. The van der Waals surface area contributed by atoms with Crippen molar-refractivity contribution in [1.82, 2.24) is 15.1 Å². The van der Waals surface area contributed by atoms with E-state index < -0.39 is 11.0 Å². The molecule has 1 aliphatic rings. The number of carbonyl (C=O) groups is 1. The van der Waals surface area contributed by atoms with Gasteiger partial charge in [0.15, 0.2) is 0 Å². The van der Waals surface area contributed by atoms with Crippen LogP contribution in [0.4, 0.5) is 16.2 Å². The molecule has 9 heteroatoms. The van der Waals surface area contributed by atoms with Crippen LogP contribution in [0.1, 0.15) is 10.9 Å². The summed E-state index contributed by atoms with van der Waals surface area (Å²) in [5, 5.41) is 18.6. The summed E-state index contributed by atoms with van der Waals surface area (Å²) >= 11 is 1.67. The summed E-state index contributed by atoms with van der Waals surface area (Å²) in [6.45, 7) is 4.30. The van der Waals surface area contributed by atoms with Gasteiger partial charge in [0.25, 0.3) is 5.69 Å². The zero-order valence-corrected chi connectivity index (χ0v) is 15.9. The number of nitrogens with one attached hydrogen (secondary N) is 2. The van der Waals surface area contributed by atoms with Gasteiger partial charge in [-0.2, -0.15) is 0 Å². The molecule has 1 aromatic heterocycles. The van der Waals surface area contributed by atoms with E-state index in [0.29, 0.717) is 6.54 Å². The smallest absolute Gasteiger partial charge is 0.319 e. The maximum atomic E-state index is 12.3. The zero-order valence-electron chi connectivity index (χ0n) is 15.1. The van der Waals surface area contributed by atoms with E-state index in [1.807, 2.05) is 11.4 Å². The van der Waals surface area contributed by atoms with Crippen molar-refractivity contribution < 1.29 is 9.72 Å². The molecule has 0 aliphatic carbocycles. The van der Waals surface area contributed by atoms with Crippen molar-refractivity contribution in [3.8, 4) is 0 Å². The lowest BCUT2D eigenvalue weighted by Gasteiger charge is -2.37. The molecule has 8 nitrogen and oxygen atoms in total. The SMILES string of the molecule is CN1CCN(C(CNC(=O)Nc2ccccc2[N+](=O)[O-])c2cccs2)CC1.